The molecule has 2 amide bonds. The van der Waals surface area contributed by atoms with Crippen molar-refractivity contribution in [1.29, 1.82) is 0 Å². The van der Waals surface area contributed by atoms with E-state index in [9.17, 15) is 18.9 Å². The predicted octanol–water partition coefficient (Wildman–Crippen LogP) is -0.138. The first-order valence-corrected chi connectivity index (χ1v) is 5.12. The number of hydrogen-bond acceptors (Lipinski definition) is 6. The van der Waals surface area contributed by atoms with Gasteiger partial charge in [0.25, 0.3) is 11.8 Å². The Hall–Kier alpha value is -1.44. The first kappa shape index (κ1) is 11.6. The predicted molar refractivity (Wildman–Crippen MR) is 41.1 cm³/mol. The molecule has 0 bridgehead atoms. The fraction of sp³-hybridized carbons (Fsp3) is 0.400. The smallest absolute Gasteiger partial charge is 0.449 e. The van der Waals surface area contributed by atoms with Crippen LogP contribution in [0.1, 0.15) is 12.8 Å². The second-order valence-electron chi connectivity index (χ2n) is 2.49. The van der Waals surface area contributed by atoms with Crippen LogP contribution in [-0.4, -0.2) is 33.0 Å². The number of hydrogen-bond donors (Lipinski definition) is 2. The lowest BCUT2D eigenvalue weighted by molar-refractivity contribution is -0.168. The van der Waals surface area contributed by atoms with E-state index in [4.69, 9.17) is 10.00 Å². The summed E-state index contributed by atoms with van der Waals surface area (Å²) in [5.41, 5.74) is 0. The lowest BCUT2D eigenvalue weighted by atomic mass is 10.4. The molecule has 0 radical (unpaired) electrons. The van der Waals surface area contributed by atoms with Gasteiger partial charge in [0.05, 0.1) is 0 Å². The number of carboxylic acid groups (broad SMARTS) is 1. The van der Waals surface area contributed by atoms with Crippen LogP contribution < -0.4 is 0 Å². The third-order valence-electron chi connectivity index (χ3n) is 1.38. The number of amides is 2. The fourth-order valence-electron chi connectivity index (χ4n) is 0.866. The van der Waals surface area contributed by atoms with E-state index in [1.807, 2.05) is 0 Å². The molecule has 1 aliphatic heterocycles. The SMILES string of the molecule is O=C(O)OP(=O)(O)ON1C(=O)CCC1=O. The summed E-state index contributed by atoms with van der Waals surface area (Å²) in [4.78, 5) is 40.5. The molecule has 1 fully saturated rings. The maximum absolute atomic E-state index is 10.9. The molecular weight excluding hydrogens is 233 g/mol. The van der Waals surface area contributed by atoms with Crippen LogP contribution in [-0.2, 0) is 23.3 Å². The van der Waals surface area contributed by atoms with Gasteiger partial charge in [0.15, 0.2) is 0 Å². The number of nitrogens with zero attached hydrogens (tertiary/aromatic N) is 1. The third kappa shape index (κ3) is 3.01. The minimum Gasteiger partial charge on any atom is -0.449 e. The average Bonchev–Trinajstić information content (AvgIpc) is 2.33. The summed E-state index contributed by atoms with van der Waals surface area (Å²) < 4.78 is 18.3. The van der Waals surface area contributed by atoms with Gasteiger partial charge in [-0.15, -0.1) is 9.69 Å². The molecule has 0 aromatic heterocycles. The van der Waals surface area contributed by atoms with Gasteiger partial charge in [-0.3, -0.25) is 14.5 Å². The Morgan fingerprint density at radius 1 is 1.33 bits per heavy atom. The van der Waals surface area contributed by atoms with Crippen LogP contribution in [0.25, 0.3) is 0 Å². The highest BCUT2D eigenvalue weighted by Crippen LogP contribution is 2.45. The Balaban J connectivity index is 2.68. The van der Waals surface area contributed by atoms with Crippen molar-refractivity contribution < 1.29 is 38.1 Å². The Bertz CT molecular complexity index is 348. The van der Waals surface area contributed by atoms with Crippen molar-refractivity contribution in [2.45, 2.75) is 12.8 Å². The Morgan fingerprint density at radius 2 is 1.80 bits per heavy atom. The topological polar surface area (TPSA) is 130 Å². The molecule has 0 spiro atoms. The molecule has 15 heavy (non-hydrogen) atoms. The van der Waals surface area contributed by atoms with Crippen LogP contribution in [0.3, 0.4) is 0 Å². The van der Waals surface area contributed by atoms with E-state index in [-0.39, 0.29) is 17.9 Å². The average molecular weight is 239 g/mol. The molecule has 1 aliphatic rings. The van der Waals surface area contributed by atoms with Gasteiger partial charge in [-0.25, -0.2) is 9.36 Å². The molecule has 0 aromatic carbocycles. The van der Waals surface area contributed by atoms with Gasteiger partial charge in [0.2, 0.25) is 0 Å². The second kappa shape index (κ2) is 3.97. The van der Waals surface area contributed by atoms with Gasteiger partial charge in [0, 0.05) is 12.8 Å². The zero-order valence-corrected chi connectivity index (χ0v) is 8.05. The first-order chi connectivity index (χ1) is 6.82. The number of carbonyl (C=O) groups excluding carboxylic acids is 2. The molecule has 0 saturated carbocycles. The number of carbonyl (C=O) groups is 3. The summed E-state index contributed by atoms with van der Waals surface area (Å²) in [5, 5.41) is 8.06. The molecular formula is C5H6NO8P. The number of imide groups is 1. The van der Waals surface area contributed by atoms with Gasteiger partial charge < -0.3 is 9.63 Å². The monoisotopic (exact) mass is 239 g/mol. The van der Waals surface area contributed by atoms with Crippen molar-refractivity contribution >= 4 is 25.8 Å². The van der Waals surface area contributed by atoms with Crippen LogP contribution in [0.5, 0.6) is 0 Å². The second-order valence-corrected chi connectivity index (χ2v) is 3.77. The molecule has 9 nitrogen and oxygen atoms in total. The lowest BCUT2D eigenvalue weighted by Gasteiger charge is -2.15. The van der Waals surface area contributed by atoms with Crippen molar-refractivity contribution in [3.8, 4) is 0 Å². The van der Waals surface area contributed by atoms with Crippen molar-refractivity contribution in [3.63, 3.8) is 0 Å². The summed E-state index contributed by atoms with van der Waals surface area (Å²) in [7, 11) is -4.99. The van der Waals surface area contributed by atoms with Crippen LogP contribution in [0.4, 0.5) is 4.79 Å². The van der Waals surface area contributed by atoms with Crippen LogP contribution in [0.2, 0.25) is 0 Å². The minimum absolute atomic E-state index is 0.0315. The van der Waals surface area contributed by atoms with E-state index in [0.717, 1.165) is 0 Å². The number of phosphoric ester groups is 1. The minimum atomic E-state index is -4.99. The molecule has 0 aliphatic carbocycles. The van der Waals surface area contributed by atoms with E-state index in [0.29, 0.717) is 0 Å². The standard InChI is InChI=1S/C5H6NO8P/c7-3-1-2-4(8)6(3)14-15(11,12)13-5(9)10/h1-2H2,(H,9,10)(H,11,12). The molecule has 0 aromatic rings. The van der Waals surface area contributed by atoms with E-state index in [1.165, 1.54) is 0 Å². The van der Waals surface area contributed by atoms with Crippen molar-refractivity contribution in [2.75, 3.05) is 0 Å². The number of phosphoric acid groups is 1. The van der Waals surface area contributed by atoms with Crippen LogP contribution >= 0.6 is 7.82 Å². The van der Waals surface area contributed by atoms with Gasteiger partial charge in [-0.2, -0.15) is 0 Å². The summed E-state index contributed by atoms with van der Waals surface area (Å²) in [6.45, 7) is 0. The molecule has 1 atom stereocenters. The van der Waals surface area contributed by atoms with E-state index >= 15 is 0 Å². The van der Waals surface area contributed by atoms with Crippen molar-refractivity contribution in [1.82, 2.24) is 5.06 Å². The van der Waals surface area contributed by atoms with Crippen molar-refractivity contribution in [2.24, 2.45) is 0 Å². The molecule has 2 N–H and O–H groups in total. The molecule has 10 heteroatoms. The Kier molecular flexibility index (Phi) is 3.08. The van der Waals surface area contributed by atoms with Crippen LogP contribution in [0.15, 0.2) is 0 Å². The van der Waals surface area contributed by atoms with Crippen molar-refractivity contribution in [3.05, 3.63) is 0 Å². The summed E-state index contributed by atoms with van der Waals surface area (Å²) in [5.74, 6) is -1.66. The number of hydroxylamine groups is 2. The summed E-state index contributed by atoms with van der Waals surface area (Å²) in [6, 6.07) is 0. The van der Waals surface area contributed by atoms with E-state index in [2.05, 4.69) is 9.15 Å². The maximum Gasteiger partial charge on any atom is 0.554 e. The van der Waals surface area contributed by atoms with Gasteiger partial charge in [0.1, 0.15) is 0 Å². The third-order valence-corrected chi connectivity index (χ3v) is 2.14. The first-order valence-electron chi connectivity index (χ1n) is 3.62. The lowest BCUT2D eigenvalue weighted by Crippen LogP contribution is -2.28. The fourth-order valence-corrected chi connectivity index (χ4v) is 1.48. The highest BCUT2D eigenvalue weighted by Gasteiger charge is 2.39. The Labute approximate surface area is 82.8 Å². The van der Waals surface area contributed by atoms with Crippen LogP contribution in [0, 0.1) is 0 Å². The summed E-state index contributed by atoms with van der Waals surface area (Å²) in [6.07, 6.45) is -2.38. The highest BCUT2D eigenvalue weighted by molar-refractivity contribution is 7.47. The van der Waals surface area contributed by atoms with E-state index < -0.39 is 25.8 Å². The molecule has 1 rings (SSSR count). The Morgan fingerprint density at radius 3 is 2.20 bits per heavy atom. The highest BCUT2D eigenvalue weighted by atomic mass is 31.2. The summed E-state index contributed by atoms with van der Waals surface area (Å²) >= 11 is 0. The van der Waals surface area contributed by atoms with E-state index in [1.54, 1.807) is 0 Å². The number of rotatable bonds is 3. The molecule has 1 heterocycles. The van der Waals surface area contributed by atoms with Gasteiger partial charge >= 0.3 is 14.0 Å². The quantitative estimate of drug-likeness (QED) is 0.514. The molecule has 1 unspecified atom stereocenters. The largest absolute Gasteiger partial charge is 0.554 e. The van der Waals surface area contributed by atoms with Gasteiger partial charge in [-0.05, 0) is 0 Å². The maximum atomic E-state index is 10.9. The zero-order valence-electron chi connectivity index (χ0n) is 7.15. The molecule has 1 saturated heterocycles. The normalized spacial score (nSPS) is 20.2. The van der Waals surface area contributed by atoms with Gasteiger partial charge in [-0.1, -0.05) is 0 Å². The zero-order chi connectivity index (χ0) is 11.6. The molecule has 84 valence electrons.